The molecule has 2 rings (SSSR count). The highest BCUT2D eigenvalue weighted by molar-refractivity contribution is 9.10. The highest BCUT2D eigenvalue weighted by Gasteiger charge is 2.13. The number of benzene rings is 1. The van der Waals surface area contributed by atoms with Gasteiger partial charge in [-0.25, -0.2) is 0 Å². The first kappa shape index (κ1) is 13.5. The number of nitrogens with one attached hydrogen (secondary N) is 1. The van der Waals surface area contributed by atoms with Crippen LogP contribution in [0.2, 0.25) is 0 Å². The number of hydrogen-bond acceptors (Lipinski definition) is 4. The average molecular weight is 314 g/mol. The third-order valence-corrected chi connectivity index (χ3v) is 3.45. The van der Waals surface area contributed by atoms with Crippen molar-refractivity contribution in [2.45, 2.75) is 13.0 Å². The average Bonchev–Trinajstić information content (AvgIpc) is 2.57. The molecule has 0 aromatic heterocycles. The first-order chi connectivity index (χ1) is 8.65. The van der Waals surface area contributed by atoms with Gasteiger partial charge in [0.15, 0.2) is 0 Å². The Hall–Kier alpha value is -0.980. The van der Waals surface area contributed by atoms with E-state index in [9.17, 15) is 10.1 Å². The smallest absolute Gasteiger partial charge is 0.270 e. The van der Waals surface area contributed by atoms with Gasteiger partial charge in [-0.3, -0.25) is 15.0 Å². The quantitative estimate of drug-likeness (QED) is 0.686. The molecule has 98 valence electrons. The van der Waals surface area contributed by atoms with Crippen molar-refractivity contribution in [3.05, 3.63) is 38.3 Å². The van der Waals surface area contributed by atoms with Crippen LogP contribution in [0.1, 0.15) is 12.0 Å². The van der Waals surface area contributed by atoms with E-state index < -0.39 is 0 Å². The Kier molecular flexibility index (Phi) is 4.68. The van der Waals surface area contributed by atoms with Crippen LogP contribution in [-0.2, 0) is 6.54 Å². The summed E-state index contributed by atoms with van der Waals surface area (Å²) in [6.07, 6.45) is 1.12. The van der Waals surface area contributed by atoms with E-state index in [1.54, 1.807) is 6.07 Å². The standard InChI is InChI=1S/C12H16BrN3O2/c13-11-6-10(7-12(8-11)16(17)18)9-15-4-1-2-14-3-5-15/h6-8,14H,1-5,9H2. The zero-order chi connectivity index (χ0) is 13.0. The number of rotatable bonds is 3. The second-order valence-corrected chi connectivity index (χ2v) is 5.37. The molecule has 0 amide bonds. The van der Waals surface area contributed by atoms with Crippen LogP contribution in [0.15, 0.2) is 22.7 Å². The Morgan fingerprint density at radius 1 is 1.33 bits per heavy atom. The first-order valence-corrected chi connectivity index (χ1v) is 6.81. The highest BCUT2D eigenvalue weighted by atomic mass is 79.9. The van der Waals surface area contributed by atoms with Crippen LogP contribution < -0.4 is 5.32 Å². The van der Waals surface area contributed by atoms with Crippen molar-refractivity contribution in [3.63, 3.8) is 0 Å². The summed E-state index contributed by atoms with van der Waals surface area (Å²) in [5.74, 6) is 0. The highest BCUT2D eigenvalue weighted by Crippen LogP contribution is 2.22. The molecule has 0 aliphatic carbocycles. The van der Waals surface area contributed by atoms with Crippen LogP contribution in [-0.4, -0.2) is 36.0 Å². The van der Waals surface area contributed by atoms with Crippen LogP contribution in [0.4, 0.5) is 5.69 Å². The van der Waals surface area contributed by atoms with Gasteiger partial charge >= 0.3 is 0 Å². The number of nitro benzene ring substituents is 1. The van der Waals surface area contributed by atoms with Crippen LogP contribution in [0.5, 0.6) is 0 Å². The SMILES string of the molecule is O=[N+]([O-])c1cc(Br)cc(CN2CCCNCC2)c1. The largest absolute Gasteiger partial charge is 0.315 e. The molecule has 1 aromatic carbocycles. The lowest BCUT2D eigenvalue weighted by Gasteiger charge is -2.19. The summed E-state index contributed by atoms with van der Waals surface area (Å²) in [5, 5.41) is 14.2. The van der Waals surface area contributed by atoms with Gasteiger partial charge in [0.2, 0.25) is 0 Å². The molecular weight excluding hydrogens is 298 g/mol. The van der Waals surface area contributed by atoms with Gasteiger partial charge in [-0.05, 0) is 31.1 Å². The maximum absolute atomic E-state index is 10.8. The topological polar surface area (TPSA) is 58.4 Å². The molecular formula is C12H16BrN3O2. The summed E-state index contributed by atoms with van der Waals surface area (Å²) in [6, 6.07) is 5.14. The molecule has 6 heteroatoms. The van der Waals surface area contributed by atoms with E-state index in [2.05, 4.69) is 26.1 Å². The van der Waals surface area contributed by atoms with Crippen LogP contribution in [0, 0.1) is 10.1 Å². The number of hydrogen-bond donors (Lipinski definition) is 1. The summed E-state index contributed by atoms with van der Waals surface area (Å²) in [7, 11) is 0. The van der Waals surface area contributed by atoms with Gasteiger partial charge in [-0.15, -0.1) is 0 Å². The van der Waals surface area contributed by atoms with Gasteiger partial charge in [0.1, 0.15) is 0 Å². The Labute approximate surface area is 114 Å². The Bertz CT molecular complexity index is 431. The summed E-state index contributed by atoms with van der Waals surface area (Å²) >= 11 is 3.33. The Morgan fingerprint density at radius 2 is 2.17 bits per heavy atom. The Morgan fingerprint density at radius 3 is 2.94 bits per heavy atom. The van der Waals surface area contributed by atoms with Crippen molar-refractivity contribution >= 4 is 21.6 Å². The number of non-ortho nitro benzene ring substituents is 1. The van der Waals surface area contributed by atoms with Gasteiger partial charge in [-0.1, -0.05) is 15.9 Å². The van der Waals surface area contributed by atoms with E-state index in [0.29, 0.717) is 0 Å². The van der Waals surface area contributed by atoms with Gasteiger partial charge in [0, 0.05) is 36.2 Å². The summed E-state index contributed by atoms with van der Waals surface area (Å²) in [5.41, 5.74) is 1.13. The van der Waals surface area contributed by atoms with Crippen molar-refractivity contribution in [2.24, 2.45) is 0 Å². The maximum Gasteiger partial charge on any atom is 0.270 e. The fourth-order valence-corrected chi connectivity index (χ4v) is 2.68. The predicted octanol–water partition coefficient (Wildman–Crippen LogP) is 2.15. The molecule has 1 heterocycles. The van der Waals surface area contributed by atoms with E-state index in [1.165, 1.54) is 6.07 Å². The van der Waals surface area contributed by atoms with Gasteiger partial charge in [0.25, 0.3) is 5.69 Å². The minimum atomic E-state index is -0.349. The maximum atomic E-state index is 10.8. The number of nitro groups is 1. The third-order valence-electron chi connectivity index (χ3n) is 2.99. The second-order valence-electron chi connectivity index (χ2n) is 4.45. The van der Waals surface area contributed by atoms with Crippen molar-refractivity contribution in [2.75, 3.05) is 26.2 Å². The lowest BCUT2D eigenvalue weighted by atomic mass is 10.2. The summed E-state index contributed by atoms with van der Waals surface area (Å²) in [6.45, 7) is 4.82. The Balaban J connectivity index is 2.10. The van der Waals surface area contributed by atoms with E-state index >= 15 is 0 Å². The van der Waals surface area contributed by atoms with Crippen molar-refractivity contribution in [3.8, 4) is 0 Å². The molecule has 18 heavy (non-hydrogen) atoms. The molecule has 0 unspecified atom stereocenters. The van der Waals surface area contributed by atoms with E-state index in [1.807, 2.05) is 6.07 Å². The monoisotopic (exact) mass is 313 g/mol. The van der Waals surface area contributed by atoms with E-state index in [0.717, 1.165) is 49.2 Å². The second kappa shape index (κ2) is 6.26. The lowest BCUT2D eigenvalue weighted by molar-refractivity contribution is -0.385. The fourth-order valence-electron chi connectivity index (χ4n) is 2.15. The van der Waals surface area contributed by atoms with Gasteiger partial charge in [-0.2, -0.15) is 0 Å². The van der Waals surface area contributed by atoms with Crippen molar-refractivity contribution < 1.29 is 4.92 Å². The molecule has 1 aliphatic heterocycles. The first-order valence-electron chi connectivity index (χ1n) is 6.02. The fraction of sp³-hybridized carbons (Fsp3) is 0.500. The zero-order valence-corrected chi connectivity index (χ0v) is 11.6. The van der Waals surface area contributed by atoms with Crippen molar-refractivity contribution in [1.82, 2.24) is 10.2 Å². The zero-order valence-electron chi connectivity index (χ0n) is 10.1. The van der Waals surface area contributed by atoms with Crippen molar-refractivity contribution in [1.29, 1.82) is 0 Å². The molecule has 1 aromatic rings. The minimum absolute atomic E-state index is 0.146. The van der Waals surface area contributed by atoms with Crippen LogP contribution in [0.3, 0.4) is 0 Å². The van der Waals surface area contributed by atoms with E-state index in [4.69, 9.17) is 0 Å². The molecule has 1 N–H and O–H groups in total. The van der Waals surface area contributed by atoms with Gasteiger partial charge in [0.05, 0.1) is 4.92 Å². The molecule has 5 nitrogen and oxygen atoms in total. The molecule has 0 spiro atoms. The molecule has 0 bridgehead atoms. The van der Waals surface area contributed by atoms with Crippen LogP contribution in [0.25, 0.3) is 0 Å². The number of nitrogens with zero attached hydrogens (tertiary/aromatic N) is 2. The summed E-state index contributed by atoms with van der Waals surface area (Å²) < 4.78 is 0.764. The lowest BCUT2D eigenvalue weighted by Crippen LogP contribution is -2.27. The molecule has 1 fully saturated rings. The molecule has 1 saturated heterocycles. The molecule has 0 atom stereocenters. The van der Waals surface area contributed by atoms with E-state index in [-0.39, 0.29) is 10.6 Å². The minimum Gasteiger partial charge on any atom is -0.315 e. The molecule has 0 saturated carbocycles. The molecule has 1 aliphatic rings. The molecule has 0 radical (unpaired) electrons. The predicted molar refractivity (Wildman–Crippen MR) is 73.6 cm³/mol. The number of halogens is 1. The summed E-state index contributed by atoms with van der Waals surface area (Å²) in [4.78, 5) is 12.8. The van der Waals surface area contributed by atoms with Gasteiger partial charge < -0.3 is 5.32 Å². The van der Waals surface area contributed by atoms with Crippen LogP contribution >= 0.6 is 15.9 Å². The third kappa shape index (κ3) is 3.76. The normalized spacial score (nSPS) is 17.4.